The van der Waals surface area contributed by atoms with Gasteiger partial charge in [0.2, 0.25) is 5.91 Å². The van der Waals surface area contributed by atoms with Crippen LogP contribution in [0.3, 0.4) is 0 Å². The molecule has 6 nitrogen and oxygen atoms in total. The standard InChI is InChI=1S/C9H14N2O4/c1-5-6(12)4-8(15-5)11-3-2-7(13)10-9(11)14/h5-6,8,12H,2-4H2,1H3,(H,10,13,14)/t5-,6+,8-/m1/s1. The summed E-state index contributed by atoms with van der Waals surface area (Å²) in [5.41, 5.74) is 0. The Kier molecular flexibility index (Phi) is 2.62. The molecule has 0 saturated carbocycles. The third-order valence-electron chi connectivity index (χ3n) is 2.79. The minimum Gasteiger partial charge on any atom is -0.390 e. The second-order valence-corrected chi connectivity index (χ2v) is 3.90. The Hall–Kier alpha value is -1.14. The van der Waals surface area contributed by atoms with Crippen molar-refractivity contribution < 1.29 is 19.4 Å². The van der Waals surface area contributed by atoms with E-state index in [0.29, 0.717) is 13.0 Å². The number of hydrogen-bond donors (Lipinski definition) is 2. The molecule has 0 aromatic carbocycles. The number of urea groups is 1. The van der Waals surface area contributed by atoms with Crippen LogP contribution in [-0.4, -0.2) is 46.9 Å². The Balaban J connectivity index is 2.00. The number of nitrogens with one attached hydrogen (secondary N) is 1. The lowest BCUT2D eigenvalue weighted by Crippen LogP contribution is -2.53. The molecule has 2 rings (SSSR count). The number of ether oxygens (including phenoxy) is 1. The normalized spacial score (nSPS) is 36.9. The minimum absolute atomic E-state index is 0.261. The monoisotopic (exact) mass is 214 g/mol. The van der Waals surface area contributed by atoms with E-state index in [-0.39, 0.29) is 18.4 Å². The van der Waals surface area contributed by atoms with E-state index in [0.717, 1.165) is 0 Å². The van der Waals surface area contributed by atoms with Crippen LogP contribution in [-0.2, 0) is 9.53 Å². The van der Waals surface area contributed by atoms with Crippen molar-refractivity contribution >= 4 is 11.9 Å². The van der Waals surface area contributed by atoms with Gasteiger partial charge in [-0.15, -0.1) is 0 Å². The fourth-order valence-electron chi connectivity index (χ4n) is 1.84. The van der Waals surface area contributed by atoms with Crippen molar-refractivity contribution in [2.45, 2.75) is 38.2 Å². The first-order valence-electron chi connectivity index (χ1n) is 5.02. The van der Waals surface area contributed by atoms with Crippen molar-refractivity contribution in [1.82, 2.24) is 10.2 Å². The van der Waals surface area contributed by atoms with Crippen LogP contribution in [0.1, 0.15) is 19.8 Å². The number of imide groups is 1. The minimum atomic E-state index is -0.541. The highest BCUT2D eigenvalue weighted by molar-refractivity contribution is 5.96. The molecule has 2 saturated heterocycles. The quantitative estimate of drug-likeness (QED) is 0.612. The maximum Gasteiger partial charge on any atom is 0.326 e. The molecule has 84 valence electrons. The molecular weight excluding hydrogens is 200 g/mol. The highest BCUT2D eigenvalue weighted by atomic mass is 16.5. The topological polar surface area (TPSA) is 78.9 Å². The molecule has 2 fully saturated rings. The van der Waals surface area contributed by atoms with Crippen molar-refractivity contribution in [2.24, 2.45) is 0 Å². The smallest absolute Gasteiger partial charge is 0.326 e. The molecule has 3 amide bonds. The summed E-state index contributed by atoms with van der Waals surface area (Å²) in [6.07, 6.45) is -0.525. The van der Waals surface area contributed by atoms with Gasteiger partial charge < -0.3 is 9.84 Å². The maximum absolute atomic E-state index is 11.4. The van der Waals surface area contributed by atoms with E-state index < -0.39 is 18.4 Å². The molecule has 0 radical (unpaired) electrons. The van der Waals surface area contributed by atoms with Crippen LogP contribution in [0, 0.1) is 0 Å². The van der Waals surface area contributed by atoms with E-state index in [1.54, 1.807) is 6.92 Å². The highest BCUT2D eigenvalue weighted by Crippen LogP contribution is 2.24. The first-order chi connectivity index (χ1) is 7.08. The summed E-state index contributed by atoms with van der Waals surface area (Å²) in [7, 11) is 0. The predicted octanol–water partition coefficient (Wildman–Crippen LogP) is -0.576. The Morgan fingerprint density at radius 3 is 2.80 bits per heavy atom. The molecule has 2 aliphatic heterocycles. The summed E-state index contributed by atoms with van der Waals surface area (Å²) in [4.78, 5) is 23.8. The lowest BCUT2D eigenvalue weighted by molar-refractivity contribution is -0.123. The maximum atomic E-state index is 11.4. The first-order valence-corrected chi connectivity index (χ1v) is 5.02. The second-order valence-electron chi connectivity index (χ2n) is 3.90. The number of aliphatic hydroxyl groups is 1. The zero-order valence-electron chi connectivity index (χ0n) is 8.47. The fraction of sp³-hybridized carbons (Fsp3) is 0.778. The molecule has 2 aliphatic rings. The lowest BCUT2D eigenvalue weighted by Gasteiger charge is -2.31. The Bertz CT molecular complexity index is 284. The van der Waals surface area contributed by atoms with Crippen molar-refractivity contribution in [3.05, 3.63) is 0 Å². The van der Waals surface area contributed by atoms with Gasteiger partial charge in [-0.05, 0) is 6.92 Å². The third-order valence-corrected chi connectivity index (χ3v) is 2.79. The zero-order chi connectivity index (χ0) is 11.0. The Morgan fingerprint density at radius 2 is 2.27 bits per heavy atom. The Labute approximate surface area is 87.2 Å². The van der Waals surface area contributed by atoms with Crippen molar-refractivity contribution in [3.63, 3.8) is 0 Å². The molecule has 0 aromatic rings. The molecule has 0 aliphatic carbocycles. The number of nitrogens with zero attached hydrogens (tertiary/aromatic N) is 1. The van der Waals surface area contributed by atoms with Gasteiger partial charge in [0.05, 0.1) is 12.2 Å². The molecule has 0 bridgehead atoms. The van der Waals surface area contributed by atoms with Gasteiger partial charge in [-0.3, -0.25) is 15.0 Å². The van der Waals surface area contributed by atoms with Gasteiger partial charge >= 0.3 is 6.03 Å². The van der Waals surface area contributed by atoms with E-state index in [4.69, 9.17) is 4.74 Å². The predicted molar refractivity (Wildman–Crippen MR) is 49.8 cm³/mol. The van der Waals surface area contributed by atoms with Crippen LogP contribution in [0.4, 0.5) is 4.79 Å². The van der Waals surface area contributed by atoms with Gasteiger partial charge in [0.1, 0.15) is 6.23 Å². The van der Waals surface area contributed by atoms with Crippen molar-refractivity contribution in [3.8, 4) is 0 Å². The number of carbonyl (C=O) groups excluding carboxylic acids is 2. The lowest BCUT2D eigenvalue weighted by atomic mass is 10.2. The summed E-state index contributed by atoms with van der Waals surface area (Å²) in [5, 5.41) is 11.7. The molecule has 2 N–H and O–H groups in total. The average molecular weight is 214 g/mol. The molecule has 0 aromatic heterocycles. The number of aliphatic hydroxyl groups excluding tert-OH is 1. The molecule has 0 spiro atoms. The first kappa shape index (κ1) is 10.4. The molecule has 6 heteroatoms. The van der Waals surface area contributed by atoms with Gasteiger partial charge in [-0.25, -0.2) is 4.79 Å². The number of rotatable bonds is 1. The van der Waals surface area contributed by atoms with Crippen LogP contribution in [0.15, 0.2) is 0 Å². The zero-order valence-corrected chi connectivity index (χ0v) is 8.47. The fourth-order valence-corrected chi connectivity index (χ4v) is 1.84. The summed E-state index contributed by atoms with van der Waals surface area (Å²) in [6, 6.07) is -0.433. The summed E-state index contributed by atoms with van der Waals surface area (Å²) >= 11 is 0. The van der Waals surface area contributed by atoms with Crippen LogP contribution in [0.2, 0.25) is 0 Å². The molecule has 15 heavy (non-hydrogen) atoms. The van der Waals surface area contributed by atoms with Crippen LogP contribution in [0.25, 0.3) is 0 Å². The number of amides is 3. The van der Waals surface area contributed by atoms with E-state index in [2.05, 4.69) is 5.32 Å². The largest absolute Gasteiger partial charge is 0.390 e. The van der Waals surface area contributed by atoms with Crippen molar-refractivity contribution in [2.75, 3.05) is 6.54 Å². The molecule has 3 atom stereocenters. The van der Waals surface area contributed by atoms with Gasteiger partial charge in [0, 0.05) is 19.4 Å². The van der Waals surface area contributed by atoms with Gasteiger partial charge in [-0.2, -0.15) is 0 Å². The Morgan fingerprint density at radius 1 is 1.53 bits per heavy atom. The van der Waals surface area contributed by atoms with E-state index in [1.807, 2.05) is 0 Å². The molecular formula is C9H14N2O4. The van der Waals surface area contributed by atoms with Crippen LogP contribution in [0.5, 0.6) is 0 Å². The summed E-state index contributed by atoms with van der Waals surface area (Å²) in [6.45, 7) is 2.12. The molecule has 0 unspecified atom stereocenters. The van der Waals surface area contributed by atoms with Crippen LogP contribution < -0.4 is 5.32 Å². The highest BCUT2D eigenvalue weighted by Gasteiger charge is 2.38. The average Bonchev–Trinajstić information content (AvgIpc) is 2.46. The van der Waals surface area contributed by atoms with Gasteiger partial charge in [0.15, 0.2) is 0 Å². The van der Waals surface area contributed by atoms with Gasteiger partial charge in [-0.1, -0.05) is 0 Å². The third kappa shape index (κ3) is 1.95. The summed E-state index contributed by atoms with van der Waals surface area (Å²) < 4.78 is 5.42. The number of carbonyl (C=O) groups is 2. The van der Waals surface area contributed by atoms with Crippen LogP contribution >= 0.6 is 0 Å². The van der Waals surface area contributed by atoms with Gasteiger partial charge in [0.25, 0.3) is 0 Å². The molecule has 2 heterocycles. The van der Waals surface area contributed by atoms with E-state index in [1.165, 1.54) is 4.90 Å². The van der Waals surface area contributed by atoms with E-state index in [9.17, 15) is 14.7 Å². The van der Waals surface area contributed by atoms with E-state index >= 15 is 0 Å². The SMILES string of the molecule is C[C@H]1O[C@@H](N2CCC(=O)NC2=O)C[C@@H]1O. The second kappa shape index (κ2) is 3.79. The number of hydrogen-bond acceptors (Lipinski definition) is 4. The summed E-state index contributed by atoms with van der Waals surface area (Å²) in [5.74, 6) is -0.261. The van der Waals surface area contributed by atoms with Crippen molar-refractivity contribution in [1.29, 1.82) is 0 Å².